The zero-order valence-electron chi connectivity index (χ0n) is 21.1. The average molecular weight is 523 g/mol. The lowest BCUT2D eigenvalue weighted by molar-refractivity contribution is -0.118. The number of pyridine rings is 1. The van der Waals surface area contributed by atoms with Gasteiger partial charge in [-0.05, 0) is 43.2 Å². The normalized spacial score (nSPS) is 10.8. The van der Waals surface area contributed by atoms with E-state index in [0.717, 1.165) is 27.9 Å². The minimum absolute atomic E-state index is 0.209. The molecule has 0 saturated carbocycles. The van der Waals surface area contributed by atoms with Gasteiger partial charge in [0, 0.05) is 10.9 Å². The molecule has 1 N–H and O–H groups in total. The van der Waals surface area contributed by atoms with Crippen LogP contribution in [0.5, 0.6) is 5.75 Å². The second-order valence-corrected chi connectivity index (χ2v) is 9.64. The first-order valence-corrected chi connectivity index (χ1v) is 13.1. The summed E-state index contributed by atoms with van der Waals surface area (Å²) in [5, 5.41) is 3.62. The highest BCUT2D eigenvalue weighted by Crippen LogP contribution is 2.43. The molecule has 2 heterocycles. The van der Waals surface area contributed by atoms with Crippen molar-refractivity contribution in [2.45, 2.75) is 13.8 Å². The fourth-order valence-corrected chi connectivity index (χ4v) is 5.17. The highest BCUT2D eigenvalue weighted by Gasteiger charge is 2.25. The second kappa shape index (κ2) is 11.3. The number of esters is 1. The number of amides is 1. The SMILES string of the molecule is CCOC(=O)c1sc2nc(-c3ccccc3)cc(-c3ccccc3)c2c1NC(=O)COc1ccc(C)cc1. The van der Waals surface area contributed by atoms with Gasteiger partial charge in [0.25, 0.3) is 5.91 Å². The number of hydrogen-bond donors (Lipinski definition) is 1. The molecule has 190 valence electrons. The maximum atomic E-state index is 13.1. The number of carbonyl (C=O) groups is 2. The minimum atomic E-state index is -0.509. The molecule has 0 atom stereocenters. The number of aromatic nitrogens is 1. The molecule has 3 aromatic carbocycles. The van der Waals surface area contributed by atoms with Crippen molar-refractivity contribution in [1.82, 2.24) is 4.98 Å². The van der Waals surface area contributed by atoms with Crippen LogP contribution in [-0.4, -0.2) is 30.1 Å². The molecule has 38 heavy (non-hydrogen) atoms. The molecule has 0 radical (unpaired) electrons. The van der Waals surface area contributed by atoms with Crippen molar-refractivity contribution in [3.63, 3.8) is 0 Å². The predicted molar refractivity (Wildman–Crippen MR) is 152 cm³/mol. The molecule has 0 aliphatic rings. The molecular weight excluding hydrogens is 496 g/mol. The van der Waals surface area contributed by atoms with Crippen molar-refractivity contribution in [1.29, 1.82) is 0 Å². The first kappa shape index (κ1) is 25.2. The van der Waals surface area contributed by atoms with E-state index in [1.165, 1.54) is 11.3 Å². The topological polar surface area (TPSA) is 77.5 Å². The number of anilines is 1. The lowest BCUT2D eigenvalue weighted by Crippen LogP contribution is -2.21. The maximum absolute atomic E-state index is 13.1. The molecular formula is C31H26N2O4S. The van der Waals surface area contributed by atoms with E-state index < -0.39 is 5.97 Å². The van der Waals surface area contributed by atoms with Gasteiger partial charge in [-0.2, -0.15) is 0 Å². The van der Waals surface area contributed by atoms with Crippen LogP contribution in [0.15, 0.2) is 91.0 Å². The molecule has 0 saturated heterocycles. The Morgan fingerprint density at radius 3 is 2.21 bits per heavy atom. The van der Waals surface area contributed by atoms with Gasteiger partial charge in [-0.15, -0.1) is 11.3 Å². The van der Waals surface area contributed by atoms with E-state index in [0.29, 0.717) is 26.5 Å². The molecule has 5 rings (SSSR count). The van der Waals surface area contributed by atoms with Crippen LogP contribution in [-0.2, 0) is 9.53 Å². The molecule has 0 aliphatic carbocycles. The summed E-state index contributed by atoms with van der Waals surface area (Å²) in [6.07, 6.45) is 0. The van der Waals surface area contributed by atoms with Crippen molar-refractivity contribution in [2.24, 2.45) is 0 Å². The Bertz CT molecular complexity index is 1580. The monoisotopic (exact) mass is 522 g/mol. The van der Waals surface area contributed by atoms with E-state index >= 15 is 0 Å². The number of fused-ring (bicyclic) bond motifs is 1. The lowest BCUT2D eigenvalue weighted by Gasteiger charge is -2.12. The van der Waals surface area contributed by atoms with Crippen molar-refractivity contribution in [2.75, 3.05) is 18.5 Å². The fraction of sp³-hybridized carbons (Fsp3) is 0.129. The van der Waals surface area contributed by atoms with Crippen molar-refractivity contribution in [3.05, 3.63) is 101 Å². The van der Waals surface area contributed by atoms with Gasteiger partial charge in [0.1, 0.15) is 15.5 Å². The second-order valence-electron chi connectivity index (χ2n) is 8.64. The molecule has 5 aromatic rings. The third-order valence-corrected chi connectivity index (χ3v) is 7.00. The van der Waals surface area contributed by atoms with E-state index in [1.807, 2.05) is 97.9 Å². The lowest BCUT2D eigenvalue weighted by atomic mass is 9.99. The molecule has 0 fully saturated rings. The molecule has 1 amide bonds. The molecule has 0 unspecified atom stereocenters. The van der Waals surface area contributed by atoms with Crippen LogP contribution in [0.25, 0.3) is 32.6 Å². The van der Waals surface area contributed by atoms with E-state index in [9.17, 15) is 9.59 Å². The number of nitrogens with zero attached hydrogens (tertiary/aromatic N) is 1. The van der Waals surface area contributed by atoms with Gasteiger partial charge >= 0.3 is 5.97 Å². The first-order chi connectivity index (χ1) is 18.5. The van der Waals surface area contributed by atoms with Crippen LogP contribution < -0.4 is 10.1 Å². The van der Waals surface area contributed by atoms with Crippen LogP contribution in [0.1, 0.15) is 22.2 Å². The highest BCUT2D eigenvalue weighted by molar-refractivity contribution is 7.21. The number of benzene rings is 3. The number of hydrogen-bond acceptors (Lipinski definition) is 6. The van der Waals surface area contributed by atoms with E-state index in [2.05, 4.69) is 5.32 Å². The van der Waals surface area contributed by atoms with Gasteiger partial charge in [-0.1, -0.05) is 78.4 Å². The van der Waals surface area contributed by atoms with Crippen LogP contribution in [0.2, 0.25) is 0 Å². The fourth-order valence-electron chi connectivity index (χ4n) is 4.12. The Hall–Kier alpha value is -4.49. The summed E-state index contributed by atoms with van der Waals surface area (Å²) in [7, 11) is 0. The van der Waals surface area contributed by atoms with Gasteiger partial charge in [0.05, 0.1) is 18.0 Å². The number of aryl methyl sites for hydroxylation is 1. The molecule has 6 nitrogen and oxygen atoms in total. The summed E-state index contributed by atoms with van der Waals surface area (Å²) >= 11 is 1.21. The van der Waals surface area contributed by atoms with Crippen LogP contribution in [0.3, 0.4) is 0 Å². The molecule has 0 aliphatic heterocycles. The van der Waals surface area contributed by atoms with Crippen molar-refractivity contribution < 1.29 is 19.1 Å². The number of ether oxygens (including phenoxy) is 2. The third kappa shape index (κ3) is 5.43. The standard InChI is InChI=1S/C31H26N2O4S/c1-3-36-31(35)29-28(33-26(34)19-37-23-16-14-20(2)15-17-23)27-24(21-10-6-4-7-11-21)18-25(32-30(27)38-29)22-12-8-5-9-13-22/h4-18H,3,19H2,1-2H3,(H,33,34). The molecule has 7 heteroatoms. The summed E-state index contributed by atoms with van der Waals surface area (Å²) in [6, 6.07) is 29.2. The van der Waals surface area contributed by atoms with Crippen molar-refractivity contribution in [3.8, 4) is 28.1 Å². The Morgan fingerprint density at radius 2 is 1.55 bits per heavy atom. The van der Waals surface area contributed by atoms with Gasteiger partial charge in [-0.3, -0.25) is 4.79 Å². The van der Waals surface area contributed by atoms with Crippen LogP contribution in [0.4, 0.5) is 5.69 Å². The summed E-state index contributed by atoms with van der Waals surface area (Å²) in [4.78, 5) is 31.9. The van der Waals surface area contributed by atoms with Gasteiger partial charge in [0.15, 0.2) is 6.61 Å². The quantitative estimate of drug-likeness (QED) is 0.219. The Kier molecular flexibility index (Phi) is 7.47. The molecule has 0 bridgehead atoms. The Labute approximate surface area is 224 Å². The van der Waals surface area contributed by atoms with Crippen LogP contribution in [0, 0.1) is 6.92 Å². The molecule has 0 spiro atoms. The van der Waals surface area contributed by atoms with Gasteiger partial charge < -0.3 is 14.8 Å². The number of thiophene rings is 1. The Morgan fingerprint density at radius 1 is 0.895 bits per heavy atom. The van der Waals surface area contributed by atoms with Gasteiger partial charge in [0.2, 0.25) is 0 Å². The van der Waals surface area contributed by atoms with Crippen molar-refractivity contribution >= 4 is 39.1 Å². The van der Waals surface area contributed by atoms with E-state index in [4.69, 9.17) is 14.5 Å². The maximum Gasteiger partial charge on any atom is 0.350 e. The zero-order chi connectivity index (χ0) is 26.5. The highest BCUT2D eigenvalue weighted by atomic mass is 32.1. The minimum Gasteiger partial charge on any atom is -0.484 e. The van der Waals surface area contributed by atoms with Gasteiger partial charge in [-0.25, -0.2) is 9.78 Å². The average Bonchev–Trinajstić information content (AvgIpc) is 3.31. The first-order valence-electron chi connectivity index (χ1n) is 12.3. The Balaban J connectivity index is 1.61. The summed E-state index contributed by atoms with van der Waals surface area (Å²) in [5.74, 6) is -0.307. The summed E-state index contributed by atoms with van der Waals surface area (Å²) in [6.45, 7) is 3.74. The third-order valence-electron chi connectivity index (χ3n) is 5.93. The smallest absolute Gasteiger partial charge is 0.350 e. The summed E-state index contributed by atoms with van der Waals surface area (Å²) < 4.78 is 11.0. The van der Waals surface area contributed by atoms with E-state index in [1.54, 1.807) is 6.92 Å². The summed E-state index contributed by atoms with van der Waals surface area (Å²) in [5.41, 5.74) is 5.00. The zero-order valence-corrected chi connectivity index (χ0v) is 21.9. The number of nitrogens with one attached hydrogen (secondary N) is 1. The largest absolute Gasteiger partial charge is 0.484 e. The number of rotatable bonds is 8. The number of carbonyl (C=O) groups excluding carboxylic acids is 2. The van der Waals surface area contributed by atoms with E-state index in [-0.39, 0.29) is 19.1 Å². The van der Waals surface area contributed by atoms with Crippen LogP contribution >= 0.6 is 11.3 Å². The predicted octanol–water partition coefficient (Wildman–Crippen LogP) is 7.13. The molecule has 2 aromatic heterocycles.